The molecule has 1 aromatic rings. The second-order valence-corrected chi connectivity index (χ2v) is 2.40. The maximum atomic E-state index is 12.3. The van der Waals surface area contributed by atoms with Crippen LogP contribution in [0, 0.1) is 11.3 Å². The summed E-state index contributed by atoms with van der Waals surface area (Å²) in [6.45, 7) is 0. The number of nitriles is 1. The van der Waals surface area contributed by atoms with Crippen LogP contribution in [0.3, 0.4) is 0 Å². The summed E-state index contributed by atoms with van der Waals surface area (Å²) in [6, 6.07) is 4.25. The Kier molecular flexibility index (Phi) is 2.87. The molecule has 0 saturated heterocycles. The van der Waals surface area contributed by atoms with Crippen LogP contribution in [-0.4, -0.2) is 4.98 Å². The molecule has 1 aromatic heterocycles. The lowest BCUT2D eigenvalue weighted by molar-refractivity contribution is -0.141. The predicted molar refractivity (Wildman–Crippen MR) is 43.9 cm³/mol. The fourth-order valence-corrected chi connectivity index (χ4v) is 0.916. The number of halogens is 3. The molecule has 0 fully saturated rings. The molecule has 1 rings (SSSR count). The number of hydrogen-bond donors (Lipinski definition) is 0. The van der Waals surface area contributed by atoms with Gasteiger partial charge in [0.25, 0.3) is 0 Å². The first-order valence-electron chi connectivity index (χ1n) is 3.64. The van der Waals surface area contributed by atoms with Gasteiger partial charge in [0, 0.05) is 17.8 Å². The summed E-state index contributed by atoms with van der Waals surface area (Å²) in [5, 5.41) is 8.18. The minimum absolute atomic E-state index is 0.110. The fraction of sp³-hybridized carbons (Fsp3) is 0.111. The predicted octanol–water partition coefficient (Wildman–Crippen LogP) is 2.64. The summed E-state index contributed by atoms with van der Waals surface area (Å²) in [6.07, 6.45) is -1.37. The van der Waals surface area contributed by atoms with Crippen LogP contribution in [0.4, 0.5) is 13.2 Å². The minimum atomic E-state index is -4.49. The topological polar surface area (TPSA) is 36.7 Å². The lowest BCUT2D eigenvalue weighted by atomic mass is 10.2. The number of alkyl halides is 3. The van der Waals surface area contributed by atoms with E-state index in [0.29, 0.717) is 0 Å². The highest BCUT2D eigenvalue weighted by Crippen LogP contribution is 2.30. The van der Waals surface area contributed by atoms with Crippen LogP contribution < -0.4 is 0 Å². The van der Waals surface area contributed by atoms with Crippen molar-refractivity contribution in [2.45, 2.75) is 6.18 Å². The van der Waals surface area contributed by atoms with E-state index in [1.165, 1.54) is 12.1 Å². The van der Waals surface area contributed by atoms with E-state index in [1.807, 2.05) is 0 Å². The summed E-state index contributed by atoms with van der Waals surface area (Å²) >= 11 is 0. The van der Waals surface area contributed by atoms with Gasteiger partial charge in [0.1, 0.15) is 0 Å². The summed E-state index contributed by atoms with van der Waals surface area (Å²) in [7, 11) is 0. The molecule has 0 unspecified atom stereocenters. The van der Waals surface area contributed by atoms with Crippen LogP contribution >= 0.6 is 0 Å². The Bertz CT molecular complexity index is 388. The highest BCUT2D eigenvalue weighted by Gasteiger charge is 2.34. The van der Waals surface area contributed by atoms with Crippen LogP contribution in [0.1, 0.15) is 11.3 Å². The first-order chi connectivity index (χ1) is 6.55. The van der Waals surface area contributed by atoms with Gasteiger partial charge in [0.05, 0.1) is 6.07 Å². The van der Waals surface area contributed by atoms with Gasteiger partial charge in [-0.2, -0.15) is 18.4 Å². The zero-order valence-electron chi connectivity index (χ0n) is 6.92. The molecule has 5 heteroatoms. The standard InChI is InChI=1S/C9H5F3N2/c10-9(11,12)8-7(3-1-5-13)4-2-6-14-8/h1-4,6H. The van der Waals surface area contributed by atoms with Gasteiger partial charge in [-0.3, -0.25) is 4.98 Å². The molecule has 0 radical (unpaired) electrons. The summed E-state index contributed by atoms with van der Waals surface area (Å²) in [4.78, 5) is 3.22. The third kappa shape index (κ3) is 2.33. The molecule has 0 atom stereocenters. The maximum Gasteiger partial charge on any atom is 0.433 e. The lowest BCUT2D eigenvalue weighted by Gasteiger charge is -2.07. The quantitative estimate of drug-likeness (QED) is 0.650. The second kappa shape index (κ2) is 3.92. The average Bonchev–Trinajstić information content (AvgIpc) is 2.14. The van der Waals surface area contributed by atoms with Gasteiger partial charge in [-0.15, -0.1) is 0 Å². The van der Waals surface area contributed by atoms with E-state index in [2.05, 4.69) is 4.98 Å². The van der Waals surface area contributed by atoms with E-state index >= 15 is 0 Å². The third-order valence-corrected chi connectivity index (χ3v) is 1.44. The van der Waals surface area contributed by atoms with E-state index in [4.69, 9.17) is 5.26 Å². The van der Waals surface area contributed by atoms with Crippen molar-refractivity contribution in [1.29, 1.82) is 5.26 Å². The average molecular weight is 198 g/mol. The van der Waals surface area contributed by atoms with Gasteiger partial charge in [0.2, 0.25) is 0 Å². The van der Waals surface area contributed by atoms with E-state index in [-0.39, 0.29) is 5.56 Å². The molecule has 14 heavy (non-hydrogen) atoms. The van der Waals surface area contributed by atoms with Crippen molar-refractivity contribution in [2.24, 2.45) is 0 Å². The molecule has 0 aliphatic rings. The first kappa shape index (κ1) is 10.3. The molecule has 0 aliphatic carbocycles. The summed E-state index contributed by atoms with van der Waals surface area (Å²) in [5.41, 5.74) is -1.09. The van der Waals surface area contributed by atoms with Crippen molar-refractivity contribution < 1.29 is 13.2 Å². The van der Waals surface area contributed by atoms with Gasteiger partial charge in [-0.1, -0.05) is 6.07 Å². The van der Waals surface area contributed by atoms with Crippen LogP contribution in [0.5, 0.6) is 0 Å². The molecule has 0 N–H and O–H groups in total. The van der Waals surface area contributed by atoms with E-state index in [9.17, 15) is 13.2 Å². The highest BCUT2D eigenvalue weighted by molar-refractivity contribution is 5.54. The number of aromatic nitrogens is 1. The van der Waals surface area contributed by atoms with Gasteiger partial charge in [0.15, 0.2) is 5.69 Å². The van der Waals surface area contributed by atoms with Gasteiger partial charge in [-0.05, 0) is 12.1 Å². The van der Waals surface area contributed by atoms with Gasteiger partial charge in [-0.25, -0.2) is 0 Å². The van der Waals surface area contributed by atoms with Crippen LogP contribution in [0.2, 0.25) is 0 Å². The van der Waals surface area contributed by atoms with Crippen molar-refractivity contribution >= 4 is 6.08 Å². The molecule has 0 bridgehead atoms. The van der Waals surface area contributed by atoms with Crippen LogP contribution in [0.25, 0.3) is 6.08 Å². The molecule has 0 amide bonds. The van der Waals surface area contributed by atoms with E-state index in [0.717, 1.165) is 18.3 Å². The zero-order chi connectivity index (χ0) is 10.6. The summed E-state index contributed by atoms with van der Waals surface area (Å²) in [5.74, 6) is 0. The Hall–Kier alpha value is -1.83. The van der Waals surface area contributed by atoms with Crippen LogP contribution in [0.15, 0.2) is 24.4 Å². The SMILES string of the molecule is N#CC=Cc1cccnc1C(F)(F)F. The number of nitrogens with zero attached hydrogens (tertiary/aromatic N) is 2. The molecule has 0 spiro atoms. The number of pyridine rings is 1. The molecule has 0 saturated carbocycles. The van der Waals surface area contributed by atoms with Crippen molar-refractivity contribution in [2.75, 3.05) is 0 Å². The third-order valence-electron chi connectivity index (χ3n) is 1.44. The Morgan fingerprint density at radius 1 is 1.43 bits per heavy atom. The monoisotopic (exact) mass is 198 g/mol. The number of hydrogen-bond acceptors (Lipinski definition) is 2. The fourth-order valence-electron chi connectivity index (χ4n) is 0.916. The molecular weight excluding hydrogens is 193 g/mol. The van der Waals surface area contributed by atoms with Crippen molar-refractivity contribution in [3.05, 3.63) is 35.7 Å². The van der Waals surface area contributed by atoms with E-state index in [1.54, 1.807) is 6.07 Å². The van der Waals surface area contributed by atoms with E-state index < -0.39 is 11.9 Å². The Balaban J connectivity index is 3.18. The Labute approximate surface area is 78.3 Å². The van der Waals surface area contributed by atoms with Gasteiger partial charge >= 0.3 is 6.18 Å². The van der Waals surface area contributed by atoms with Crippen molar-refractivity contribution in [1.82, 2.24) is 4.98 Å². The Morgan fingerprint density at radius 2 is 2.14 bits per heavy atom. The van der Waals surface area contributed by atoms with Crippen molar-refractivity contribution in [3.8, 4) is 6.07 Å². The second-order valence-electron chi connectivity index (χ2n) is 2.40. The smallest absolute Gasteiger partial charge is 0.251 e. The summed E-state index contributed by atoms with van der Waals surface area (Å²) < 4.78 is 36.9. The molecule has 1 heterocycles. The van der Waals surface area contributed by atoms with Gasteiger partial charge < -0.3 is 0 Å². The van der Waals surface area contributed by atoms with Crippen LogP contribution in [-0.2, 0) is 6.18 Å². The molecule has 0 aromatic carbocycles. The molecule has 72 valence electrons. The first-order valence-corrected chi connectivity index (χ1v) is 3.64. The normalized spacial score (nSPS) is 11.6. The molecule has 2 nitrogen and oxygen atoms in total. The minimum Gasteiger partial charge on any atom is -0.251 e. The zero-order valence-corrected chi connectivity index (χ0v) is 6.92. The Morgan fingerprint density at radius 3 is 2.71 bits per heavy atom. The molecular formula is C9H5F3N2. The lowest BCUT2D eigenvalue weighted by Crippen LogP contribution is -2.09. The highest BCUT2D eigenvalue weighted by atomic mass is 19.4. The molecule has 0 aliphatic heterocycles. The van der Waals surface area contributed by atoms with Crippen molar-refractivity contribution in [3.63, 3.8) is 0 Å². The number of rotatable bonds is 1. The number of allylic oxidation sites excluding steroid dienone is 1. The maximum absolute atomic E-state index is 12.3. The largest absolute Gasteiger partial charge is 0.433 e.